The van der Waals surface area contributed by atoms with Gasteiger partial charge in [-0.3, -0.25) is 0 Å². The number of isocyanates is 3. The van der Waals surface area contributed by atoms with Crippen molar-refractivity contribution in [1.82, 2.24) is 0 Å². The first-order chi connectivity index (χ1) is 17.6. The molecule has 0 fully saturated rings. The highest BCUT2D eigenvalue weighted by Gasteiger charge is 2.35. The largest absolute Gasteiger partial charge is 0.462 e. The van der Waals surface area contributed by atoms with E-state index in [2.05, 4.69) is 29.7 Å². The molecule has 1 rings (SSSR count). The Bertz CT molecular complexity index is 1030. The summed E-state index contributed by atoms with van der Waals surface area (Å²) in [4.78, 5) is 68.4. The van der Waals surface area contributed by atoms with Crippen LogP contribution in [-0.4, -0.2) is 67.7 Å². The van der Waals surface area contributed by atoms with Crippen LogP contribution in [-0.2, 0) is 43.0 Å². The van der Waals surface area contributed by atoms with Crippen molar-refractivity contribution in [1.29, 1.82) is 5.41 Å². The summed E-state index contributed by atoms with van der Waals surface area (Å²) >= 11 is 0. The minimum atomic E-state index is -1.28. The number of carbonyl (C=O) groups is 3. The number of aliphatic hydroxyl groups excluding tert-OH is 1. The number of aryl methyl sites for hydroxylation is 1. The minimum Gasteiger partial charge on any atom is -0.462 e. The van der Waals surface area contributed by atoms with Crippen molar-refractivity contribution < 1.29 is 48.1 Å². The van der Waals surface area contributed by atoms with E-state index in [0.29, 0.717) is 11.4 Å². The van der Waals surface area contributed by atoms with Crippen LogP contribution in [0.15, 0.2) is 66.1 Å². The van der Waals surface area contributed by atoms with Gasteiger partial charge in [-0.05, 0) is 24.6 Å². The Kier molecular flexibility index (Phi) is 18.8. The van der Waals surface area contributed by atoms with Crippen molar-refractivity contribution >= 4 is 47.5 Å². The molecule has 1 aromatic carbocycles. The normalized spacial score (nSPS) is 8.92. The Morgan fingerprint density at radius 3 is 1.65 bits per heavy atom. The molecule has 0 aliphatic rings. The highest BCUT2D eigenvalue weighted by Crippen LogP contribution is 2.24. The summed E-state index contributed by atoms with van der Waals surface area (Å²) in [5.41, 5.74) is 0.435. The van der Waals surface area contributed by atoms with Crippen LogP contribution in [0.3, 0.4) is 0 Å². The number of ether oxygens (including phenoxy) is 3. The summed E-state index contributed by atoms with van der Waals surface area (Å²) in [6.45, 7) is 9.94. The lowest BCUT2D eigenvalue weighted by Crippen LogP contribution is -2.42. The molecule has 0 radical (unpaired) electrons. The Morgan fingerprint density at radius 1 is 0.919 bits per heavy atom. The Labute approximate surface area is 212 Å². The molecule has 0 aliphatic carbocycles. The van der Waals surface area contributed by atoms with Crippen LogP contribution in [0, 0.1) is 17.7 Å². The molecular formula is C24H25N3O10. The van der Waals surface area contributed by atoms with Gasteiger partial charge in [0.25, 0.3) is 0 Å². The molecule has 0 amide bonds. The Morgan fingerprint density at radius 2 is 1.32 bits per heavy atom. The third-order valence-corrected chi connectivity index (χ3v) is 3.93. The maximum absolute atomic E-state index is 11.1. The highest BCUT2D eigenvalue weighted by molar-refractivity contribution is 5.82. The van der Waals surface area contributed by atoms with Crippen LogP contribution in [0.5, 0.6) is 0 Å². The molecule has 0 saturated carbocycles. The smallest absolute Gasteiger partial charge is 0.330 e. The van der Waals surface area contributed by atoms with Gasteiger partial charge in [0.1, 0.15) is 19.8 Å². The molecule has 0 unspecified atom stereocenters. The number of hydrogen-bond donors (Lipinski definition) is 2. The molecule has 0 atom stereocenters. The zero-order valence-corrected chi connectivity index (χ0v) is 19.9. The van der Waals surface area contributed by atoms with Crippen molar-refractivity contribution in [3.05, 3.63) is 61.7 Å². The van der Waals surface area contributed by atoms with Gasteiger partial charge in [0.15, 0.2) is 0 Å². The molecular weight excluding hydrogens is 490 g/mol. The summed E-state index contributed by atoms with van der Waals surface area (Å²) in [6, 6.07) is 4.88. The predicted molar refractivity (Wildman–Crippen MR) is 128 cm³/mol. The number of aliphatic hydroxyl groups is 1. The summed E-state index contributed by atoms with van der Waals surface area (Å²) in [6.07, 6.45) is 6.40. The molecule has 0 aliphatic heterocycles. The lowest BCUT2D eigenvalue weighted by Gasteiger charge is -2.29. The van der Waals surface area contributed by atoms with Crippen molar-refractivity contribution in [2.75, 3.05) is 26.4 Å². The summed E-state index contributed by atoms with van der Waals surface area (Å²) < 4.78 is 14.5. The molecule has 0 heterocycles. The van der Waals surface area contributed by atoms with E-state index in [4.69, 9.17) is 24.4 Å². The van der Waals surface area contributed by atoms with E-state index in [1.807, 2.05) is 0 Å². The van der Waals surface area contributed by atoms with Gasteiger partial charge in [-0.25, -0.2) is 34.2 Å². The zero-order valence-electron chi connectivity index (χ0n) is 19.9. The third-order valence-electron chi connectivity index (χ3n) is 3.93. The van der Waals surface area contributed by atoms with E-state index < -0.39 is 29.9 Å². The van der Waals surface area contributed by atoms with Gasteiger partial charge in [0.05, 0.1) is 23.4 Å². The fourth-order valence-electron chi connectivity index (χ4n) is 2.00. The number of nitrogens with zero attached hydrogens (tertiary/aromatic N) is 2. The van der Waals surface area contributed by atoms with Crippen molar-refractivity contribution in [3.63, 3.8) is 0 Å². The maximum Gasteiger partial charge on any atom is 0.330 e. The summed E-state index contributed by atoms with van der Waals surface area (Å²) in [5, 5.41) is 14.9. The van der Waals surface area contributed by atoms with E-state index in [-0.39, 0.29) is 19.8 Å². The van der Waals surface area contributed by atoms with Crippen LogP contribution >= 0.6 is 0 Å². The fourth-order valence-corrected chi connectivity index (χ4v) is 2.00. The quantitative estimate of drug-likeness (QED) is 0.136. The van der Waals surface area contributed by atoms with Crippen LogP contribution in [0.2, 0.25) is 0 Å². The van der Waals surface area contributed by atoms with E-state index in [9.17, 15) is 29.1 Å². The van der Waals surface area contributed by atoms with Gasteiger partial charge in [0.2, 0.25) is 18.2 Å². The second-order valence-electron chi connectivity index (χ2n) is 6.57. The molecule has 13 heteroatoms. The van der Waals surface area contributed by atoms with Crippen LogP contribution in [0.25, 0.3) is 0 Å². The molecule has 196 valence electrons. The maximum atomic E-state index is 11.1. The number of nitrogens with one attached hydrogen (secondary N) is 1. The average molecular weight is 515 g/mol. The topological polar surface area (TPSA) is 199 Å². The number of rotatable bonds is 12. The van der Waals surface area contributed by atoms with E-state index >= 15 is 0 Å². The zero-order chi connectivity index (χ0) is 28.7. The number of carbonyl (C=O) groups excluding carboxylic acids is 6. The first-order valence-electron chi connectivity index (χ1n) is 9.91. The summed E-state index contributed by atoms with van der Waals surface area (Å²) in [5.74, 6) is -2.17. The second-order valence-corrected chi connectivity index (χ2v) is 6.57. The van der Waals surface area contributed by atoms with Crippen LogP contribution in [0.1, 0.15) is 5.56 Å². The van der Waals surface area contributed by atoms with Crippen LogP contribution < -0.4 is 0 Å². The lowest BCUT2D eigenvalue weighted by molar-refractivity contribution is -0.159. The number of benzene rings is 1. The van der Waals surface area contributed by atoms with Gasteiger partial charge in [-0.2, -0.15) is 9.98 Å². The molecule has 0 aromatic heterocycles. The molecule has 0 saturated heterocycles. The fraction of sp³-hybridized carbons (Fsp3) is 0.250. The summed E-state index contributed by atoms with van der Waals surface area (Å²) in [7, 11) is 0. The first kappa shape index (κ1) is 34.1. The van der Waals surface area contributed by atoms with E-state index in [1.165, 1.54) is 18.2 Å². The number of esters is 3. The van der Waals surface area contributed by atoms with Gasteiger partial charge < -0.3 is 19.3 Å². The third kappa shape index (κ3) is 15.5. The molecule has 13 nitrogen and oxygen atoms in total. The van der Waals surface area contributed by atoms with Gasteiger partial charge in [-0.1, -0.05) is 25.8 Å². The highest BCUT2D eigenvalue weighted by atomic mass is 16.6. The molecule has 0 spiro atoms. The minimum absolute atomic E-state index is 0.330. The average Bonchev–Trinajstić information content (AvgIpc) is 2.90. The second kappa shape index (κ2) is 20.3. The van der Waals surface area contributed by atoms with E-state index in [1.54, 1.807) is 19.1 Å². The Hall–Kier alpha value is -5.05. The Balaban J connectivity index is 0. The molecule has 0 bridgehead atoms. The molecule has 37 heavy (non-hydrogen) atoms. The predicted octanol–water partition coefficient (Wildman–Crippen LogP) is 1.98. The molecule has 2 N–H and O–H groups in total. The van der Waals surface area contributed by atoms with Crippen molar-refractivity contribution in [2.45, 2.75) is 6.92 Å². The standard InChI is InChI=1S/C14H18O7.C9H6N2O2.CHNO/c1-4-11(16)19-8-14(7-15,9-20-12(17)5-2)10-21-13(18)6-3;1-7-2-3-8(10-5-12)4-9(7)11-6-13;2-1-3/h4-6,15H,1-3,7-10H2;2-4H,1H3;2H. The number of aliphatic imine (C=N–C) groups is 2. The van der Waals surface area contributed by atoms with E-state index in [0.717, 1.165) is 29.9 Å². The lowest BCUT2D eigenvalue weighted by atomic mass is 9.92. The van der Waals surface area contributed by atoms with Gasteiger partial charge in [0, 0.05) is 18.2 Å². The van der Waals surface area contributed by atoms with Crippen molar-refractivity contribution in [3.8, 4) is 0 Å². The van der Waals surface area contributed by atoms with Gasteiger partial charge >= 0.3 is 17.9 Å². The first-order valence-corrected chi connectivity index (χ1v) is 9.91. The molecule has 1 aromatic rings. The SMILES string of the molecule is C=CC(=O)OCC(CO)(COC(=O)C=C)COC(=O)C=C.Cc1ccc(N=C=O)cc1N=C=O.N=C=O. The monoisotopic (exact) mass is 515 g/mol. The van der Waals surface area contributed by atoms with Crippen molar-refractivity contribution in [2.24, 2.45) is 15.4 Å². The van der Waals surface area contributed by atoms with Gasteiger partial charge in [-0.15, -0.1) is 0 Å². The van der Waals surface area contributed by atoms with Crippen LogP contribution in [0.4, 0.5) is 11.4 Å². The number of hydrogen-bond acceptors (Lipinski definition) is 13.